The summed E-state index contributed by atoms with van der Waals surface area (Å²) in [5.41, 5.74) is 6.59. The first-order valence-electron chi connectivity index (χ1n) is 5.49. The third kappa shape index (κ3) is 2.57. The fraction of sp³-hybridized carbons (Fsp3) is 0.154. The predicted molar refractivity (Wildman–Crippen MR) is 77.0 cm³/mol. The predicted octanol–water partition coefficient (Wildman–Crippen LogP) is 3.59. The van der Waals surface area contributed by atoms with Crippen LogP contribution in [0.15, 0.2) is 18.2 Å². The van der Waals surface area contributed by atoms with E-state index in [2.05, 4.69) is 4.74 Å². The molecule has 0 aliphatic rings. The molecule has 2 rings (SSSR count). The molecule has 0 aliphatic heterocycles. The molecule has 0 saturated carbocycles. The van der Waals surface area contributed by atoms with Crippen LogP contribution in [0.25, 0.3) is 10.4 Å². The number of halogens is 2. The van der Waals surface area contributed by atoms with E-state index in [1.807, 2.05) is 0 Å². The maximum absolute atomic E-state index is 13.5. The van der Waals surface area contributed by atoms with Crippen LogP contribution in [-0.4, -0.2) is 20.2 Å². The Morgan fingerprint density at radius 1 is 1.35 bits per heavy atom. The summed E-state index contributed by atoms with van der Waals surface area (Å²) in [7, 11) is 2.63. The Balaban J connectivity index is 2.54. The van der Waals surface area contributed by atoms with Gasteiger partial charge in [0.2, 0.25) is 0 Å². The number of nitrogens with two attached hydrogens (primary N) is 1. The van der Waals surface area contributed by atoms with Crippen molar-refractivity contribution in [3.8, 4) is 16.2 Å². The lowest BCUT2D eigenvalue weighted by Gasteiger charge is -2.06. The lowest BCUT2D eigenvalue weighted by Crippen LogP contribution is -2.00. The molecule has 0 atom stereocenters. The van der Waals surface area contributed by atoms with Crippen LogP contribution in [0.2, 0.25) is 5.02 Å². The van der Waals surface area contributed by atoms with E-state index < -0.39 is 11.8 Å². The highest BCUT2D eigenvalue weighted by Gasteiger charge is 2.18. The summed E-state index contributed by atoms with van der Waals surface area (Å²) < 4.78 is 23.1. The minimum Gasteiger partial charge on any atom is -0.494 e. The Bertz CT molecular complexity index is 672. The zero-order valence-corrected chi connectivity index (χ0v) is 12.3. The molecule has 0 unspecified atom stereocenters. The lowest BCUT2D eigenvalue weighted by molar-refractivity contribution is 0.0607. The highest BCUT2D eigenvalue weighted by Crippen LogP contribution is 2.39. The van der Waals surface area contributed by atoms with E-state index in [0.717, 1.165) is 17.4 Å². The average molecular weight is 316 g/mol. The van der Waals surface area contributed by atoms with Crippen molar-refractivity contribution in [1.82, 2.24) is 0 Å². The Hall–Kier alpha value is -1.79. The Kier molecular flexibility index (Phi) is 4.15. The second kappa shape index (κ2) is 5.68. The molecule has 2 aromatic rings. The molecule has 0 spiro atoms. The first-order valence-corrected chi connectivity index (χ1v) is 6.68. The molecule has 0 fully saturated rings. The first kappa shape index (κ1) is 14.6. The van der Waals surface area contributed by atoms with Gasteiger partial charge in [0.15, 0.2) is 11.6 Å². The number of carbonyl (C=O) groups excluding carboxylic acids is 1. The fourth-order valence-corrected chi connectivity index (χ4v) is 3.00. The van der Waals surface area contributed by atoms with Crippen molar-refractivity contribution in [2.24, 2.45) is 0 Å². The fourth-order valence-electron chi connectivity index (χ4n) is 1.66. The van der Waals surface area contributed by atoms with Crippen molar-refractivity contribution in [1.29, 1.82) is 0 Å². The van der Waals surface area contributed by atoms with Crippen molar-refractivity contribution in [3.05, 3.63) is 33.9 Å². The van der Waals surface area contributed by atoms with Gasteiger partial charge in [-0.05, 0) is 18.2 Å². The van der Waals surface area contributed by atoms with Crippen LogP contribution >= 0.6 is 22.9 Å². The standard InChI is InChI=1S/C13H11ClFNO3S/c1-18-10-3-6(7(14)4-8(10)15)11-5-9(16)12(20-11)13(17)19-2/h3-5H,16H2,1-2H3. The highest BCUT2D eigenvalue weighted by molar-refractivity contribution is 7.18. The SMILES string of the molecule is COC(=O)c1sc(-c2cc(OC)c(F)cc2Cl)cc1N. The molecule has 1 aromatic heterocycles. The summed E-state index contributed by atoms with van der Waals surface area (Å²) in [4.78, 5) is 12.4. The average Bonchev–Trinajstić information content (AvgIpc) is 2.80. The van der Waals surface area contributed by atoms with Gasteiger partial charge >= 0.3 is 5.97 Å². The van der Waals surface area contributed by atoms with Crippen molar-refractivity contribution in [3.63, 3.8) is 0 Å². The van der Waals surface area contributed by atoms with E-state index >= 15 is 0 Å². The smallest absolute Gasteiger partial charge is 0.350 e. The van der Waals surface area contributed by atoms with Crippen LogP contribution in [0.1, 0.15) is 9.67 Å². The van der Waals surface area contributed by atoms with Gasteiger partial charge < -0.3 is 15.2 Å². The third-order valence-electron chi connectivity index (χ3n) is 2.64. The Morgan fingerprint density at radius 3 is 2.65 bits per heavy atom. The normalized spacial score (nSPS) is 10.4. The molecule has 1 aromatic carbocycles. The van der Waals surface area contributed by atoms with Gasteiger partial charge in [-0.3, -0.25) is 0 Å². The van der Waals surface area contributed by atoms with Crippen molar-refractivity contribution in [2.75, 3.05) is 20.0 Å². The van der Waals surface area contributed by atoms with Gasteiger partial charge in [-0.2, -0.15) is 0 Å². The number of thiophene rings is 1. The molecular weight excluding hydrogens is 305 g/mol. The molecule has 2 N–H and O–H groups in total. The molecular formula is C13H11ClFNO3S. The van der Waals surface area contributed by atoms with E-state index in [-0.39, 0.29) is 21.3 Å². The van der Waals surface area contributed by atoms with E-state index in [1.54, 1.807) is 6.07 Å². The van der Waals surface area contributed by atoms with Crippen molar-refractivity contribution < 1.29 is 18.7 Å². The Labute approximate surface area is 123 Å². The minimum atomic E-state index is -0.557. The van der Waals surface area contributed by atoms with Crippen LogP contribution < -0.4 is 10.5 Å². The molecule has 0 aliphatic carbocycles. The van der Waals surface area contributed by atoms with Gasteiger partial charge in [-0.1, -0.05) is 11.6 Å². The van der Waals surface area contributed by atoms with Crippen molar-refractivity contribution in [2.45, 2.75) is 0 Å². The maximum Gasteiger partial charge on any atom is 0.350 e. The second-order valence-corrected chi connectivity index (χ2v) is 5.31. The summed E-state index contributed by atoms with van der Waals surface area (Å²) >= 11 is 7.14. The minimum absolute atomic E-state index is 0.0657. The summed E-state index contributed by atoms with van der Waals surface area (Å²) in [6, 6.07) is 4.21. The molecule has 7 heteroatoms. The number of hydrogen-bond acceptors (Lipinski definition) is 5. The summed E-state index contributed by atoms with van der Waals surface area (Å²) in [6.45, 7) is 0. The number of hydrogen-bond donors (Lipinski definition) is 1. The number of rotatable bonds is 3. The molecule has 1 heterocycles. The quantitative estimate of drug-likeness (QED) is 0.879. The Morgan fingerprint density at radius 2 is 2.05 bits per heavy atom. The van der Waals surface area contributed by atoms with Crippen LogP contribution in [0.3, 0.4) is 0 Å². The lowest BCUT2D eigenvalue weighted by atomic mass is 10.1. The zero-order valence-electron chi connectivity index (χ0n) is 10.7. The first-order chi connectivity index (χ1) is 9.47. The van der Waals surface area contributed by atoms with Gasteiger partial charge in [0.05, 0.1) is 24.9 Å². The monoisotopic (exact) mass is 315 g/mol. The number of ether oxygens (including phenoxy) is 2. The van der Waals surface area contributed by atoms with Gasteiger partial charge in [0, 0.05) is 10.4 Å². The van der Waals surface area contributed by atoms with Crippen LogP contribution in [-0.2, 0) is 4.74 Å². The molecule has 20 heavy (non-hydrogen) atoms. The number of anilines is 1. The third-order valence-corrected chi connectivity index (χ3v) is 4.12. The number of benzene rings is 1. The van der Waals surface area contributed by atoms with Crippen molar-refractivity contribution >= 4 is 34.6 Å². The van der Waals surface area contributed by atoms with E-state index in [0.29, 0.717) is 10.4 Å². The highest BCUT2D eigenvalue weighted by atomic mass is 35.5. The summed E-state index contributed by atoms with van der Waals surface area (Å²) in [6.07, 6.45) is 0. The number of methoxy groups -OCH3 is 2. The van der Waals surface area contributed by atoms with E-state index in [4.69, 9.17) is 22.1 Å². The molecule has 4 nitrogen and oxygen atoms in total. The largest absolute Gasteiger partial charge is 0.494 e. The van der Waals surface area contributed by atoms with Crippen LogP contribution in [0.5, 0.6) is 5.75 Å². The topological polar surface area (TPSA) is 61.5 Å². The zero-order chi connectivity index (χ0) is 14.9. The molecule has 106 valence electrons. The maximum atomic E-state index is 13.5. The number of esters is 1. The van der Waals surface area contributed by atoms with Crippen LogP contribution in [0, 0.1) is 5.82 Å². The summed E-state index contributed by atoms with van der Waals surface area (Å²) in [5, 5.41) is 0.209. The van der Waals surface area contributed by atoms with Gasteiger partial charge in [0.25, 0.3) is 0 Å². The van der Waals surface area contributed by atoms with Gasteiger partial charge in [0.1, 0.15) is 4.88 Å². The van der Waals surface area contributed by atoms with E-state index in [9.17, 15) is 9.18 Å². The van der Waals surface area contributed by atoms with Crippen LogP contribution in [0.4, 0.5) is 10.1 Å². The molecule has 0 radical (unpaired) electrons. The second-order valence-electron chi connectivity index (χ2n) is 3.85. The molecule has 0 saturated heterocycles. The number of nitrogen functional groups attached to an aromatic ring is 1. The van der Waals surface area contributed by atoms with E-state index in [1.165, 1.54) is 20.3 Å². The number of carbonyl (C=O) groups is 1. The molecule has 0 amide bonds. The summed E-state index contributed by atoms with van der Waals surface area (Å²) in [5.74, 6) is -1.01. The van der Waals surface area contributed by atoms with Gasteiger partial charge in [-0.25, -0.2) is 9.18 Å². The van der Waals surface area contributed by atoms with Gasteiger partial charge in [-0.15, -0.1) is 11.3 Å². The molecule has 0 bridgehead atoms.